The van der Waals surface area contributed by atoms with Crippen LogP contribution < -0.4 is 20.1 Å². The fourth-order valence-electron chi connectivity index (χ4n) is 6.47. The van der Waals surface area contributed by atoms with Crippen LogP contribution in [0.3, 0.4) is 0 Å². The molecule has 4 aromatic rings. The standard InChI is InChI=1S/C36H39Cl2N5O4/c1-21(44)19-43-14-12-22-15-24(16-31(46-2)29(22)20-43)35-34(38)27(11-13-40-35)26-5-4-6-28(33(26)37)30-9-7-23(36(42-30)47-3)17-39-18-25-8-10-32(45)41-25/h4-7,9,11,13,15-16,21,25,39,44H,8,10,12,14,17-20H2,1-3H3,(H,41,45)/t21?,25-/m1/s1. The van der Waals surface area contributed by atoms with Crippen molar-refractivity contribution >= 4 is 29.1 Å². The molecule has 1 unspecified atom stereocenters. The van der Waals surface area contributed by atoms with Gasteiger partial charge in [-0.25, -0.2) is 4.98 Å². The van der Waals surface area contributed by atoms with Crippen molar-refractivity contribution in [1.29, 1.82) is 0 Å². The van der Waals surface area contributed by atoms with Crippen molar-refractivity contribution in [3.63, 3.8) is 0 Å². The molecule has 0 aliphatic carbocycles. The summed E-state index contributed by atoms with van der Waals surface area (Å²) in [6, 6.07) is 15.9. The first-order valence-corrected chi connectivity index (χ1v) is 16.6. The molecule has 1 saturated heterocycles. The number of hydrogen-bond donors (Lipinski definition) is 3. The van der Waals surface area contributed by atoms with Gasteiger partial charge in [0.05, 0.1) is 41.8 Å². The van der Waals surface area contributed by atoms with E-state index in [2.05, 4.69) is 26.6 Å². The Labute approximate surface area is 285 Å². The number of amides is 1. The quantitative estimate of drug-likeness (QED) is 0.180. The third-order valence-electron chi connectivity index (χ3n) is 8.77. The van der Waals surface area contributed by atoms with Crippen LogP contribution in [-0.4, -0.2) is 71.9 Å². The number of aromatic nitrogens is 2. The van der Waals surface area contributed by atoms with Gasteiger partial charge >= 0.3 is 0 Å². The Balaban J connectivity index is 1.27. The Morgan fingerprint density at radius 2 is 1.87 bits per heavy atom. The maximum atomic E-state index is 11.5. The highest BCUT2D eigenvalue weighted by atomic mass is 35.5. The normalized spacial score (nSPS) is 16.9. The molecule has 246 valence electrons. The van der Waals surface area contributed by atoms with Gasteiger partial charge < -0.3 is 25.2 Å². The fraction of sp³-hybridized carbons (Fsp3) is 0.361. The average Bonchev–Trinajstić information content (AvgIpc) is 3.49. The number of β-amino-alcohol motifs (C(OH)–C–C–N with tert-alkyl or cyclic N) is 1. The van der Waals surface area contributed by atoms with Crippen LogP contribution in [0.15, 0.2) is 54.7 Å². The van der Waals surface area contributed by atoms with Crippen molar-refractivity contribution in [3.8, 4) is 45.3 Å². The Hall–Kier alpha value is -3.73. The number of benzene rings is 2. The van der Waals surface area contributed by atoms with Gasteiger partial charge in [0.25, 0.3) is 0 Å². The number of aliphatic hydroxyl groups is 1. The monoisotopic (exact) mass is 675 g/mol. The van der Waals surface area contributed by atoms with Crippen LogP contribution in [-0.2, 0) is 24.3 Å². The summed E-state index contributed by atoms with van der Waals surface area (Å²) in [6.45, 7) is 5.22. The number of methoxy groups -OCH3 is 2. The average molecular weight is 677 g/mol. The van der Waals surface area contributed by atoms with E-state index in [0.717, 1.165) is 58.5 Å². The van der Waals surface area contributed by atoms with E-state index < -0.39 is 6.10 Å². The molecule has 6 rings (SSSR count). The van der Waals surface area contributed by atoms with Crippen molar-refractivity contribution in [3.05, 3.63) is 81.5 Å². The molecule has 0 spiro atoms. The van der Waals surface area contributed by atoms with Gasteiger partial charge in [-0.15, -0.1) is 0 Å². The lowest BCUT2D eigenvalue weighted by Gasteiger charge is -2.31. The number of fused-ring (bicyclic) bond motifs is 1. The Morgan fingerprint density at radius 3 is 2.62 bits per heavy atom. The molecule has 0 saturated carbocycles. The number of rotatable bonds is 11. The van der Waals surface area contributed by atoms with Gasteiger partial charge in [0.1, 0.15) is 5.75 Å². The highest BCUT2D eigenvalue weighted by molar-refractivity contribution is 6.39. The summed E-state index contributed by atoms with van der Waals surface area (Å²) in [5.41, 5.74) is 7.69. The number of ether oxygens (including phenoxy) is 2. The predicted octanol–water partition coefficient (Wildman–Crippen LogP) is 5.91. The van der Waals surface area contributed by atoms with Gasteiger partial charge in [0, 0.05) is 84.8 Å². The third-order valence-corrected chi connectivity index (χ3v) is 9.56. The van der Waals surface area contributed by atoms with Gasteiger partial charge in [0.15, 0.2) is 0 Å². The topological polar surface area (TPSA) is 109 Å². The van der Waals surface area contributed by atoms with Gasteiger partial charge in [-0.3, -0.25) is 14.7 Å². The van der Waals surface area contributed by atoms with Gasteiger partial charge in [0.2, 0.25) is 11.8 Å². The number of nitrogens with one attached hydrogen (secondary N) is 2. The zero-order chi connectivity index (χ0) is 33.1. The summed E-state index contributed by atoms with van der Waals surface area (Å²) in [7, 11) is 3.28. The summed E-state index contributed by atoms with van der Waals surface area (Å²) in [5.74, 6) is 1.39. The first-order chi connectivity index (χ1) is 22.7. The third kappa shape index (κ3) is 7.24. The molecule has 2 aliphatic heterocycles. The number of hydrogen-bond acceptors (Lipinski definition) is 8. The lowest BCUT2D eigenvalue weighted by atomic mass is 9.93. The molecular formula is C36H39Cl2N5O4. The van der Waals surface area contributed by atoms with Crippen LogP contribution in [0.5, 0.6) is 11.6 Å². The molecule has 1 amide bonds. The molecule has 2 aliphatic rings. The predicted molar refractivity (Wildman–Crippen MR) is 185 cm³/mol. The minimum atomic E-state index is -0.392. The molecule has 0 bridgehead atoms. The highest BCUT2D eigenvalue weighted by Crippen LogP contribution is 2.43. The number of aliphatic hydroxyl groups excluding tert-OH is 1. The second kappa shape index (κ2) is 14.6. The smallest absolute Gasteiger partial charge is 0.220 e. The lowest BCUT2D eigenvalue weighted by Crippen LogP contribution is -2.35. The van der Waals surface area contributed by atoms with E-state index in [-0.39, 0.29) is 11.9 Å². The summed E-state index contributed by atoms with van der Waals surface area (Å²) in [6.07, 6.45) is 3.60. The molecule has 11 heteroatoms. The molecule has 2 aromatic heterocycles. The number of halogens is 2. The zero-order valence-electron chi connectivity index (χ0n) is 26.8. The Kier molecular flexibility index (Phi) is 10.3. The molecule has 2 aromatic carbocycles. The van der Waals surface area contributed by atoms with E-state index in [4.69, 9.17) is 37.7 Å². The molecule has 2 atom stereocenters. The summed E-state index contributed by atoms with van der Waals surface area (Å²) >= 11 is 14.2. The van der Waals surface area contributed by atoms with Crippen LogP contribution >= 0.6 is 23.2 Å². The van der Waals surface area contributed by atoms with Crippen molar-refractivity contribution in [1.82, 2.24) is 25.5 Å². The van der Waals surface area contributed by atoms with Crippen molar-refractivity contribution in [2.75, 3.05) is 33.9 Å². The van der Waals surface area contributed by atoms with Crippen molar-refractivity contribution in [2.24, 2.45) is 0 Å². The number of pyridine rings is 2. The van der Waals surface area contributed by atoms with E-state index >= 15 is 0 Å². The number of carbonyl (C=O) groups is 1. The maximum absolute atomic E-state index is 11.5. The van der Waals surface area contributed by atoms with E-state index in [1.807, 2.05) is 49.4 Å². The van der Waals surface area contributed by atoms with E-state index in [1.165, 1.54) is 5.56 Å². The fourth-order valence-corrected chi connectivity index (χ4v) is 7.12. The summed E-state index contributed by atoms with van der Waals surface area (Å²) in [4.78, 5) is 23.2. The zero-order valence-corrected chi connectivity index (χ0v) is 28.3. The molecule has 0 radical (unpaired) electrons. The molecule has 47 heavy (non-hydrogen) atoms. The Morgan fingerprint density at radius 1 is 1.06 bits per heavy atom. The lowest BCUT2D eigenvalue weighted by molar-refractivity contribution is -0.119. The first kappa shape index (κ1) is 33.2. The SMILES string of the molecule is COc1cc(-c2nccc(-c3cccc(-c4ccc(CNC[C@H]5CCC(=O)N5)c(OC)n4)c3Cl)c2Cl)cc2c1CN(CC(C)O)CC2. The van der Waals surface area contributed by atoms with Crippen molar-refractivity contribution in [2.45, 2.75) is 51.4 Å². The molecule has 3 N–H and O–H groups in total. The minimum absolute atomic E-state index is 0.101. The van der Waals surface area contributed by atoms with Gasteiger partial charge in [-0.05, 0) is 49.6 Å². The van der Waals surface area contributed by atoms with Crippen LogP contribution in [0, 0.1) is 0 Å². The number of nitrogens with zero attached hydrogens (tertiary/aromatic N) is 3. The molecule has 9 nitrogen and oxygen atoms in total. The van der Waals surface area contributed by atoms with Crippen LogP contribution in [0.2, 0.25) is 10.0 Å². The van der Waals surface area contributed by atoms with Gasteiger partial charge in [-0.2, -0.15) is 0 Å². The molecule has 4 heterocycles. The van der Waals surface area contributed by atoms with Gasteiger partial charge in [-0.1, -0.05) is 47.5 Å². The molecule has 1 fully saturated rings. The van der Waals surface area contributed by atoms with Crippen molar-refractivity contribution < 1.29 is 19.4 Å². The molecular weight excluding hydrogens is 637 g/mol. The maximum Gasteiger partial charge on any atom is 0.220 e. The van der Waals surface area contributed by atoms with Crippen LogP contribution in [0.25, 0.3) is 33.6 Å². The highest BCUT2D eigenvalue weighted by Gasteiger charge is 2.24. The van der Waals surface area contributed by atoms with E-state index in [9.17, 15) is 9.90 Å². The number of carbonyl (C=O) groups excluding carboxylic acids is 1. The first-order valence-electron chi connectivity index (χ1n) is 15.8. The second-order valence-corrected chi connectivity index (χ2v) is 12.9. The van der Waals surface area contributed by atoms with Crippen LogP contribution in [0.4, 0.5) is 0 Å². The van der Waals surface area contributed by atoms with E-state index in [1.54, 1.807) is 20.4 Å². The summed E-state index contributed by atoms with van der Waals surface area (Å²) < 4.78 is 11.5. The second-order valence-electron chi connectivity index (χ2n) is 12.1. The van der Waals surface area contributed by atoms with Crippen LogP contribution in [0.1, 0.15) is 36.5 Å². The largest absolute Gasteiger partial charge is 0.496 e. The Bertz CT molecular complexity index is 1770. The van der Waals surface area contributed by atoms with E-state index in [0.29, 0.717) is 59.9 Å². The minimum Gasteiger partial charge on any atom is -0.496 e. The summed E-state index contributed by atoms with van der Waals surface area (Å²) in [5, 5.41) is 17.3.